The van der Waals surface area contributed by atoms with Crippen LogP contribution in [0, 0.1) is 12.8 Å². The van der Waals surface area contributed by atoms with E-state index in [0.29, 0.717) is 0 Å². The van der Waals surface area contributed by atoms with Crippen molar-refractivity contribution in [2.24, 2.45) is 5.92 Å². The first-order valence-corrected chi connectivity index (χ1v) is 5.42. The zero-order valence-electron chi connectivity index (χ0n) is 9.63. The van der Waals surface area contributed by atoms with Crippen LogP contribution in [0.3, 0.4) is 0 Å². The van der Waals surface area contributed by atoms with Gasteiger partial charge in [0.25, 0.3) is 5.82 Å². The third-order valence-electron chi connectivity index (χ3n) is 2.38. The predicted octanol–water partition coefficient (Wildman–Crippen LogP) is 2.18. The molecule has 0 bridgehead atoms. The van der Waals surface area contributed by atoms with E-state index in [2.05, 4.69) is 17.2 Å². The molecule has 1 amide bonds. The van der Waals surface area contributed by atoms with E-state index in [1.807, 2.05) is 32.2 Å². The molecule has 3 nitrogen and oxygen atoms in total. The SMILES string of the molecule is CCCC(C)C(=O)Nc1cc(C)cc[nH+]1. The lowest BCUT2D eigenvalue weighted by Crippen LogP contribution is -2.24. The second kappa shape index (κ2) is 5.49. The Balaban J connectivity index is 2.58. The number of hydrogen-bond donors (Lipinski definition) is 1. The van der Waals surface area contributed by atoms with Crippen molar-refractivity contribution in [2.75, 3.05) is 5.32 Å². The number of carbonyl (C=O) groups excluding carboxylic acids is 1. The molecule has 1 aromatic heterocycles. The van der Waals surface area contributed by atoms with Crippen LogP contribution in [0.2, 0.25) is 0 Å². The molecule has 0 radical (unpaired) electrons. The van der Waals surface area contributed by atoms with Gasteiger partial charge < -0.3 is 0 Å². The number of nitrogens with one attached hydrogen (secondary N) is 2. The van der Waals surface area contributed by atoms with Crippen molar-refractivity contribution >= 4 is 11.7 Å². The Morgan fingerprint density at radius 3 is 2.93 bits per heavy atom. The molecule has 15 heavy (non-hydrogen) atoms. The number of aromatic amines is 1. The van der Waals surface area contributed by atoms with Gasteiger partial charge in [0, 0.05) is 6.07 Å². The van der Waals surface area contributed by atoms with Crippen molar-refractivity contribution in [3.63, 3.8) is 0 Å². The van der Waals surface area contributed by atoms with Gasteiger partial charge in [0.2, 0.25) is 0 Å². The third kappa shape index (κ3) is 3.70. The summed E-state index contributed by atoms with van der Waals surface area (Å²) in [7, 11) is 0. The molecule has 0 aliphatic heterocycles. The molecule has 3 heteroatoms. The molecular formula is C12H19N2O+. The van der Waals surface area contributed by atoms with Gasteiger partial charge in [0.05, 0.1) is 12.1 Å². The normalized spacial score (nSPS) is 12.2. The van der Waals surface area contributed by atoms with E-state index in [4.69, 9.17) is 0 Å². The highest BCUT2D eigenvalue weighted by atomic mass is 16.1. The molecule has 0 fully saturated rings. The van der Waals surface area contributed by atoms with E-state index in [0.717, 1.165) is 24.2 Å². The van der Waals surface area contributed by atoms with Crippen molar-refractivity contribution < 1.29 is 9.78 Å². The van der Waals surface area contributed by atoms with Crippen LogP contribution in [0.15, 0.2) is 18.3 Å². The first kappa shape index (κ1) is 11.7. The molecule has 0 aromatic carbocycles. The lowest BCUT2D eigenvalue weighted by atomic mass is 10.1. The number of aryl methyl sites for hydroxylation is 1. The predicted molar refractivity (Wildman–Crippen MR) is 60.4 cm³/mol. The average molecular weight is 207 g/mol. The molecular weight excluding hydrogens is 188 g/mol. The maximum Gasteiger partial charge on any atom is 0.310 e. The van der Waals surface area contributed by atoms with E-state index in [-0.39, 0.29) is 11.8 Å². The van der Waals surface area contributed by atoms with Crippen molar-refractivity contribution in [2.45, 2.75) is 33.6 Å². The minimum Gasteiger partial charge on any atom is -0.247 e. The van der Waals surface area contributed by atoms with E-state index in [1.54, 1.807) is 0 Å². The molecule has 1 aromatic rings. The Hall–Kier alpha value is -1.38. The summed E-state index contributed by atoms with van der Waals surface area (Å²) in [6.07, 6.45) is 3.79. The lowest BCUT2D eigenvalue weighted by molar-refractivity contribution is -0.360. The molecule has 0 aliphatic carbocycles. The average Bonchev–Trinajstić information content (AvgIpc) is 2.18. The molecule has 2 N–H and O–H groups in total. The standard InChI is InChI=1S/C12H18N2O/c1-4-5-10(3)12(15)14-11-8-9(2)6-7-13-11/h6-8,10H,4-5H2,1-3H3,(H,13,14,15)/p+1. The Kier molecular flexibility index (Phi) is 4.28. The first-order chi connectivity index (χ1) is 7.13. The molecule has 0 spiro atoms. The number of aromatic nitrogens is 1. The van der Waals surface area contributed by atoms with E-state index in [1.165, 1.54) is 0 Å². The summed E-state index contributed by atoms with van der Waals surface area (Å²) in [5.41, 5.74) is 1.13. The van der Waals surface area contributed by atoms with Crippen molar-refractivity contribution in [3.8, 4) is 0 Å². The second-order valence-corrected chi connectivity index (χ2v) is 3.96. The highest BCUT2D eigenvalue weighted by Crippen LogP contribution is 2.08. The Morgan fingerprint density at radius 2 is 2.33 bits per heavy atom. The summed E-state index contributed by atoms with van der Waals surface area (Å²) < 4.78 is 0. The molecule has 82 valence electrons. The zero-order valence-corrected chi connectivity index (χ0v) is 9.63. The second-order valence-electron chi connectivity index (χ2n) is 3.96. The number of carbonyl (C=O) groups is 1. The minimum absolute atomic E-state index is 0.0731. The largest absolute Gasteiger partial charge is 0.310 e. The van der Waals surface area contributed by atoms with Gasteiger partial charge >= 0.3 is 5.91 Å². The fourth-order valence-corrected chi connectivity index (χ4v) is 1.47. The van der Waals surface area contributed by atoms with Crippen LogP contribution in [-0.2, 0) is 4.79 Å². The van der Waals surface area contributed by atoms with Gasteiger partial charge in [-0.3, -0.25) is 0 Å². The number of anilines is 1. The van der Waals surface area contributed by atoms with Crippen LogP contribution < -0.4 is 10.3 Å². The number of amides is 1. The van der Waals surface area contributed by atoms with Crippen LogP contribution in [-0.4, -0.2) is 5.91 Å². The van der Waals surface area contributed by atoms with Gasteiger partial charge in [-0.05, 0) is 25.0 Å². The van der Waals surface area contributed by atoms with Crippen LogP contribution in [0.25, 0.3) is 0 Å². The van der Waals surface area contributed by atoms with E-state index in [9.17, 15) is 4.79 Å². The smallest absolute Gasteiger partial charge is 0.247 e. The summed E-state index contributed by atoms with van der Waals surface area (Å²) in [6.45, 7) is 6.04. The maximum absolute atomic E-state index is 11.7. The highest BCUT2D eigenvalue weighted by molar-refractivity contribution is 5.90. The molecule has 0 aliphatic rings. The third-order valence-corrected chi connectivity index (χ3v) is 2.38. The monoisotopic (exact) mass is 207 g/mol. The fourth-order valence-electron chi connectivity index (χ4n) is 1.47. The minimum atomic E-state index is 0.0731. The zero-order chi connectivity index (χ0) is 11.3. The van der Waals surface area contributed by atoms with Gasteiger partial charge in [0.1, 0.15) is 0 Å². The van der Waals surface area contributed by atoms with Gasteiger partial charge in [-0.1, -0.05) is 20.3 Å². The number of pyridine rings is 1. The fraction of sp³-hybridized carbons (Fsp3) is 0.500. The summed E-state index contributed by atoms with van der Waals surface area (Å²) >= 11 is 0. The summed E-state index contributed by atoms with van der Waals surface area (Å²) in [6, 6.07) is 3.89. The molecule has 1 rings (SSSR count). The summed E-state index contributed by atoms with van der Waals surface area (Å²) in [5, 5.41) is 2.87. The quantitative estimate of drug-likeness (QED) is 0.808. The van der Waals surface area contributed by atoms with Crippen molar-refractivity contribution in [1.29, 1.82) is 0 Å². The maximum atomic E-state index is 11.7. The van der Waals surface area contributed by atoms with Crippen LogP contribution in [0.5, 0.6) is 0 Å². The lowest BCUT2D eigenvalue weighted by Gasteiger charge is -2.05. The van der Waals surface area contributed by atoms with Crippen molar-refractivity contribution in [1.82, 2.24) is 0 Å². The molecule has 0 saturated heterocycles. The van der Waals surface area contributed by atoms with Crippen LogP contribution in [0.1, 0.15) is 32.3 Å². The Bertz CT molecular complexity index is 336. The van der Waals surface area contributed by atoms with Gasteiger partial charge in [-0.25, -0.2) is 15.1 Å². The van der Waals surface area contributed by atoms with Gasteiger partial charge in [-0.2, -0.15) is 0 Å². The summed E-state index contributed by atoms with van der Waals surface area (Å²) in [4.78, 5) is 14.7. The molecule has 1 heterocycles. The first-order valence-electron chi connectivity index (χ1n) is 5.42. The molecule has 0 saturated carbocycles. The van der Waals surface area contributed by atoms with Gasteiger partial charge in [0.15, 0.2) is 0 Å². The summed E-state index contributed by atoms with van der Waals surface area (Å²) in [5.74, 6) is 0.922. The Morgan fingerprint density at radius 1 is 1.60 bits per heavy atom. The number of H-pyrrole nitrogens is 1. The number of hydrogen-bond acceptors (Lipinski definition) is 1. The van der Waals surface area contributed by atoms with Gasteiger partial charge in [-0.15, -0.1) is 0 Å². The topological polar surface area (TPSA) is 43.2 Å². The van der Waals surface area contributed by atoms with E-state index >= 15 is 0 Å². The molecule has 1 atom stereocenters. The van der Waals surface area contributed by atoms with E-state index < -0.39 is 0 Å². The highest BCUT2D eigenvalue weighted by Gasteiger charge is 2.17. The van der Waals surface area contributed by atoms with Crippen LogP contribution in [0.4, 0.5) is 5.82 Å². The Labute approximate surface area is 90.9 Å². The van der Waals surface area contributed by atoms with Crippen molar-refractivity contribution in [3.05, 3.63) is 23.9 Å². The number of rotatable bonds is 4. The van der Waals surface area contributed by atoms with Crippen LogP contribution >= 0.6 is 0 Å². The molecule has 1 unspecified atom stereocenters.